The number of hydrogen-bond donors (Lipinski definition) is 0. The second-order valence-electron chi connectivity index (χ2n) is 12.6. The maximum atomic E-state index is 8.54. The van der Waals surface area contributed by atoms with Crippen molar-refractivity contribution < 1.29 is 11.3 Å². The molecule has 0 spiro atoms. The van der Waals surface area contributed by atoms with Gasteiger partial charge in [0.2, 0.25) is 0 Å². The average molecular weight is 646 g/mol. The van der Waals surface area contributed by atoms with Gasteiger partial charge in [0.25, 0.3) is 0 Å². The number of aryl methyl sites for hydroxylation is 1. The molecule has 0 aliphatic rings. The van der Waals surface area contributed by atoms with Crippen molar-refractivity contribution in [2.75, 3.05) is 0 Å². The van der Waals surface area contributed by atoms with Gasteiger partial charge in [0.1, 0.15) is 17.0 Å². The summed E-state index contributed by atoms with van der Waals surface area (Å²) in [6, 6.07) is 55.4. The molecule has 0 aliphatic heterocycles. The topological polar surface area (TPSA) is 31.0 Å². The Morgan fingerprint density at radius 2 is 1.10 bits per heavy atom. The molecule has 0 radical (unpaired) electrons. The summed E-state index contributed by atoms with van der Waals surface area (Å²) < 4.78 is 48.8. The summed E-state index contributed by atoms with van der Waals surface area (Å²) in [6.07, 6.45) is -2.66. The van der Waals surface area contributed by atoms with Gasteiger partial charge >= 0.3 is 0 Å². The van der Waals surface area contributed by atoms with Crippen molar-refractivity contribution in [1.82, 2.24) is 9.55 Å². The Morgan fingerprint density at radius 1 is 0.540 bits per heavy atom. The SMILES string of the molecule is [2H]C([2H])([2H])C([2H])([2H])c1nc2ccccc2n1-c1ccc(-c2ccc(-c3c4ccccc4c(-c4cccc5oc6ccccc6c45)c4ccccc34)cc2)cc1. The first kappa shape index (κ1) is 23.8. The lowest BCUT2D eigenvalue weighted by atomic mass is 9.84. The highest BCUT2D eigenvalue weighted by Crippen LogP contribution is 2.47. The Hall–Kier alpha value is -6.45. The number of aromatic nitrogens is 2. The van der Waals surface area contributed by atoms with E-state index in [1.807, 2.05) is 60.7 Å². The van der Waals surface area contributed by atoms with E-state index in [0.29, 0.717) is 16.7 Å². The summed E-state index contributed by atoms with van der Waals surface area (Å²) in [5, 5.41) is 6.89. The van der Waals surface area contributed by atoms with Crippen LogP contribution in [0.15, 0.2) is 168 Å². The standard InChI is InChI=1S/C47H32N2O/c1-2-44-48-40-18-8-9-19-41(40)49(44)33-28-26-31(27-29-33)30-22-24-32(25-23-30)45-34-12-3-5-14-36(34)46(37-15-6-4-13-35(37)45)39-17-11-21-43-47(39)38-16-7-10-20-42(38)50-43/h3-29H,2H2,1H3/i1D3,2D2. The van der Waals surface area contributed by atoms with Crippen LogP contribution in [0.25, 0.3) is 93.6 Å². The zero-order valence-corrected chi connectivity index (χ0v) is 26.9. The van der Waals surface area contributed by atoms with E-state index < -0.39 is 13.2 Å². The van der Waals surface area contributed by atoms with E-state index in [2.05, 4.69) is 102 Å². The van der Waals surface area contributed by atoms with Gasteiger partial charge in [-0.3, -0.25) is 4.57 Å². The normalized spacial score (nSPS) is 13.8. The van der Waals surface area contributed by atoms with E-state index >= 15 is 0 Å². The zero-order chi connectivity index (χ0) is 37.5. The van der Waals surface area contributed by atoms with E-state index in [1.54, 1.807) is 10.6 Å². The van der Waals surface area contributed by atoms with Crippen molar-refractivity contribution in [3.63, 3.8) is 0 Å². The van der Waals surface area contributed by atoms with Crippen molar-refractivity contribution >= 4 is 54.5 Å². The highest BCUT2D eigenvalue weighted by Gasteiger charge is 2.20. The molecule has 0 bridgehead atoms. The summed E-state index contributed by atoms with van der Waals surface area (Å²) in [7, 11) is 0. The summed E-state index contributed by atoms with van der Waals surface area (Å²) in [4.78, 5) is 4.46. The van der Waals surface area contributed by atoms with Gasteiger partial charge in [0.15, 0.2) is 0 Å². The smallest absolute Gasteiger partial charge is 0.136 e. The van der Waals surface area contributed by atoms with Gasteiger partial charge in [-0.15, -0.1) is 0 Å². The summed E-state index contributed by atoms with van der Waals surface area (Å²) in [5.74, 6) is -0.147. The van der Waals surface area contributed by atoms with Crippen molar-refractivity contribution in [1.29, 1.82) is 0 Å². The fourth-order valence-corrected chi connectivity index (χ4v) is 7.72. The molecule has 8 aromatic carbocycles. The molecule has 3 heteroatoms. The molecule has 10 rings (SSSR count). The molecule has 2 heterocycles. The van der Waals surface area contributed by atoms with Crippen LogP contribution >= 0.6 is 0 Å². The van der Waals surface area contributed by atoms with Crippen LogP contribution in [0.3, 0.4) is 0 Å². The quantitative estimate of drug-likeness (QED) is 0.174. The van der Waals surface area contributed by atoms with Gasteiger partial charge in [-0.1, -0.05) is 134 Å². The van der Waals surface area contributed by atoms with Crippen LogP contribution in [0.5, 0.6) is 0 Å². The molecule has 50 heavy (non-hydrogen) atoms. The Morgan fingerprint density at radius 3 is 1.80 bits per heavy atom. The molecule has 0 saturated carbocycles. The molecule has 0 amide bonds. The summed E-state index contributed by atoms with van der Waals surface area (Å²) >= 11 is 0. The van der Waals surface area contributed by atoms with E-state index in [0.717, 1.165) is 44.2 Å². The molecule has 10 aromatic rings. The molecule has 3 nitrogen and oxygen atoms in total. The second kappa shape index (κ2) is 11.3. The Bertz CT molecular complexity index is 3050. The lowest BCUT2D eigenvalue weighted by Gasteiger charge is -2.18. The number of rotatable bonds is 5. The van der Waals surface area contributed by atoms with Gasteiger partial charge < -0.3 is 4.42 Å². The fraction of sp³-hybridized carbons (Fsp3) is 0.0426. The fourth-order valence-electron chi connectivity index (χ4n) is 7.72. The van der Waals surface area contributed by atoms with Crippen LogP contribution in [0, 0.1) is 0 Å². The summed E-state index contributed by atoms with van der Waals surface area (Å²) in [5.41, 5.74) is 10.2. The van der Waals surface area contributed by atoms with E-state index in [9.17, 15) is 0 Å². The van der Waals surface area contributed by atoms with Crippen LogP contribution in [0.1, 0.15) is 19.5 Å². The maximum Gasteiger partial charge on any atom is 0.136 e. The van der Waals surface area contributed by atoms with Gasteiger partial charge in [-0.2, -0.15) is 0 Å². The second-order valence-corrected chi connectivity index (χ2v) is 12.6. The molecule has 0 fully saturated rings. The maximum absolute atomic E-state index is 8.54. The third-order valence-electron chi connectivity index (χ3n) is 9.91. The average Bonchev–Trinajstić information content (AvgIpc) is 3.79. The predicted octanol–water partition coefficient (Wildman–Crippen LogP) is 12.8. The number of benzene rings is 8. The van der Waals surface area contributed by atoms with Crippen molar-refractivity contribution in [3.8, 4) is 39.1 Å². The van der Waals surface area contributed by atoms with E-state index in [1.165, 1.54) is 32.7 Å². The Kier molecular flexibility index (Phi) is 5.39. The van der Waals surface area contributed by atoms with Crippen LogP contribution in [0.2, 0.25) is 0 Å². The Balaban J connectivity index is 1.08. The number of nitrogens with zero attached hydrogens (tertiary/aromatic N) is 2. The third kappa shape index (κ3) is 4.33. The largest absolute Gasteiger partial charge is 0.456 e. The minimum atomic E-state index is -2.90. The molecule has 236 valence electrons. The van der Waals surface area contributed by atoms with Crippen LogP contribution < -0.4 is 0 Å². The number of furan rings is 1. The van der Waals surface area contributed by atoms with E-state index in [-0.39, 0.29) is 5.82 Å². The molecule has 2 aromatic heterocycles. The van der Waals surface area contributed by atoms with Crippen molar-refractivity contribution in [3.05, 3.63) is 170 Å². The van der Waals surface area contributed by atoms with Crippen molar-refractivity contribution in [2.24, 2.45) is 0 Å². The van der Waals surface area contributed by atoms with Gasteiger partial charge in [0.05, 0.1) is 11.0 Å². The monoisotopic (exact) mass is 645 g/mol. The first-order valence-electron chi connectivity index (χ1n) is 19.2. The lowest BCUT2D eigenvalue weighted by Crippen LogP contribution is -1.99. The number of imidazole rings is 1. The molecule has 0 saturated heterocycles. The van der Waals surface area contributed by atoms with Gasteiger partial charge in [0, 0.05) is 29.7 Å². The van der Waals surface area contributed by atoms with E-state index in [4.69, 9.17) is 11.3 Å². The number of fused-ring (bicyclic) bond motifs is 6. The van der Waals surface area contributed by atoms with Gasteiger partial charge in [-0.05, 0) is 91.3 Å². The zero-order valence-electron chi connectivity index (χ0n) is 31.9. The minimum Gasteiger partial charge on any atom is -0.456 e. The minimum absolute atomic E-state index is 0.147. The highest BCUT2D eigenvalue weighted by atomic mass is 16.3. The molecule has 0 aliphatic carbocycles. The van der Waals surface area contributed by atoms with Gasteiger partial charge in [-0.25, -0.2) is 4.98 Å². The van der Waals surface area contributed by atoms with Crippen LogP contribution in [-0.2, 0) is 6.37 Å². The molecular formula is C47H32N2O. The molecular weight excluding hydrogens is 609 g/mol. The lowest BCUT2D eigenvalue weighted by molar-refractivity contribution is 0.669. The molecule has 0 unspecified atom stereocenters. The first-order chi connectivity index (χ1) is 26.7. The Labute approximate surface area is 296 Å². The third-order valence-corrected chi connectivity index (χ3v) is 9.91. The molecule has 0 atom stereocenters. The summed E-state index contributed by atoms with van der Waals surface area (Å²) in [6.45, 7) is -2.90. The predicted molar refractivity (Wildman–Crippen MR) is 209 cm³/mol. The van der Waals surface area contributed by atoms with Crippen molar-refractivity contribution in [2.45, 2.75) is 13.2 Å². The van der Waals surface area contributed by atoms with Crippen LogP contribution in [0.4, 0.5) is 0 Å². The molecule has 0 N–H and O–H groups in total. The highest BCUT2D eigenvalue weighted by molar-refractivity contribution is 6.25. The first-order valence-corrected chi connectivity index (χ1v) is 16.7. The van der Waals surface area contributed by atoms with Crippen LogP contribution in [-0.4, -0.2) is 9.55 Å². The number of hydrogen-bond acceptors (Lipinski definition) is 2. The number of para-hydroxylation sites is 3.